The molecule has 1 saturated heterocycles. The van der Waals surface area contributed by atoms with Gasteiger partial charge in [0.1, 0.15) is 11.6 Å². The summed E-state index contributed by atoms with van der Waals surface area (Å²) in [6.07, 6.45) is 4.91. The standard InChI is InChI=1S/C18H19N3O3/c22-16-12-4-1-2-5-14(12)19-10-13(16)18(24)21-9-3-6-15(21)17(23)20-11-7-8-11/h1-2,4-5,10-11,15H,3,6-9H2,(H,19,22)(H,20,23). The van der Waals surface area contributed by atoms with E-state index in [1.807, 2.05) is 6.07 Å². The second-order valence-corrected chi connectivity index (χ2v) is 6.52. The number of rotatable bonds is 3. The lowest BCUT2D eigenvalue weighted by Crippen LogP contribution is -2.47. The Kier molecular flexibility index (Phi) is 3.59. The van der Waals surface area contributed by atoms with Crippen LogP contribution in [0.25, 0.3) is 10.9 Å². The summed E-state index contributed by atoms with van der Waals surface area (Å²) in [5.74, 6) is -0.462. The fourth-order valence-electron chi connectivity index (χ4n) is 3.29. The first-order valence-corrected chi connectivity index (χ1v) is 8.37. The molecule has 1 atom stereocenters. The van der Waals surface area contributed by atoms with Crippen molar-refractivity contribution in [2.45, 2.75) is 37.8 Å². The normalized spacial score (nSPS) is 20.3. The molecule has 2 fully saturated rings. The van der Waals surface area contributed by atoms with Gasteiger partial charge in [-0.25, -0.2) is 0 Å². The minimum Gasteiger partial charge on any atom is -0.360 e. The summed E-state index contributed by atoms with van der Waals surface area (Å²) in [6.45, 7) is 0.508. The van der Waals surface area contributed by atoms with Crippen LogP contribution in [-0.2, 0) is 4.79 Å². The maximum atomic E-state index is 12.9. The molecule has 0 radical (unpaired) electrons. The molecule has 2 aromatic rings. The molecule has 6 nitrogen and oxygen atoms in total. The highest BCUT2D eigenvalue weighted by Gasteiger charge is 2.37. The summed E-state index contributed by atoms with van der Waals surface area (Å²) in [6, 6.07) is 6.90. The monoisotopic (exact) mass is 325 g/mol. The molecule has 2 heterocycles. The van der Waals surface area contributed by atoms with Gasteiger partial charge in [0.2, 0.25) is 11.3 Å². The van der Waals surface area contributed by atoms with E-state index in [0.29, 0.717) is 23.9 Å². The number of amides is 2. The minimum atomic E-state index is -0.469. The van der Waals surface area contributed by atoms with E-state index < -0.39 is 6.04 Å². The van der Waals surface area contributed by atoms with Crippen molar-refractivity contribution in [3.8, 4) is 0 Å². The first-order valence-electron chi connectivity index (χ1n) is 8.37. The SMILES string of the molecule is O=C(NC1CC1)C1CCCN1C(=O)c1c[nH]c2ccccc2c1=O. The topological polar surface area (TPSA) is 82.3 Å². The molecule has 2 aliphatic rings. The van der Waals surface area contributed by atoms with Crippen molar-refractivity contribution in [1.29, 1.82) is 0 Å². The van der Waals surface area contributed by atoms with Crippen molar-refractivity contribution >= 4 is 22.7 Å². The summed E-state index contributed by atoms with van der Waals surface area (Å²) in [5, 5.41) is 3.45. The fourth-order valence-corrected chi connectivity index (χ4v) is 3.29. The highest BCUT2D eigenvalue weighted by molar-refractivity contribution is 6.00. The predicted octanol–water partition coefficient (Wildman–Crippen LogP) is 1.41. The van der Waals surface area contributed by atoms with E-state index in [1.165, 1.54) is 11.1 Å². The lowest BCUT2D eigenvalue weighted by Gasteiger charge is -2.23. The third-order valence-corrected chi connectivity index (χ3v) is 4.76. The van der Waals surface area contributed by atoms with E-state index in [9.17, 15) is 14.4 Å². The Hall–Kier alpha value is -2.63. The molecule has 6 heteroatoms. The van der Waals surface area contributed by atoms with Crippen LogP contribution in [0.15, 0.2) is 35.3 Å². The molecule has 1 aromatic carbocycles. The van der Waals surface area contributed by atoms with E-state index in [4.69, 9.17) is 0 Å². The van der Waals surface area contributed by atoms with Gasteiger partial charge < -0.3 is 15.2 Å². The van der Waals surface area contributed by atoms with Crippen LogP contribution in [-0.4, -0.2) is 40.3 Å². The number of hydrogen-bond donors (Lipinski definition) is 2. The van der Waals surface area contributed by atoms with E-state index >= 15 is 0 Å². The average molecular weight is 325 g/mol. The number of H-pyrrole nitrogens is 1. The van der Waals surface area contributed by atoms with Crippen molar-refractivity contribution in [2.75, 3.05) is 6.54 Å². The summed E-state index contributed by atoms with van der Waals surface area (Å²) < 4.78 is 0. The van der Waals surface area contributed by atoms with Gasteiger partial charge >= 0.3 is 0 Å². The maximum Gasteiger partial charge on any atom is 0.260 e. The summed E-state index contributed by atoms with van der Waals surface area (Å²) in [7, 11) is 0. The lowest BCUT2D eigenvalue weighted by atomic mass is 10.1. The van der Waals surface area contributed by atoms with E-state index in [-0.39, 0.29) is 28.8 Å². The Morgan fingerprint density at radius 2 is 1.96 bits per heavy atom. The van der Waals surface area contributed by atoms with Crippen molar-refractivity contribution in [2.24, 2.45) is 0 Å². The molecule has 2 N–H and O–H groups in total. The summed E-state index contributed by atoms with van der Waals surface area (Å²) >= 11 is 0. The number of carbonyl (C=O) groups excluding carboxylic acids is 2. The number of nitrogens with one attached hydrogen (secondary N) is 2. The third-order valence-electron chi connectivity index (χ3n) is 4.76. The van der Waals surface area contributed by atoms with Gasteiger partial charge in [0.05, 0.1) is 0 Å². The number of pyridine rings is 1. The molecule has 124 valence electrons. The van der Waals surface area contributed by atoms with Gasteiger partial charge in [0, 0.05) is 29.7 Å². The molecular weight excluding hydrogens is 306 g/mol. The molecule has 1 unspecified atom stereocenters. The van der Waals surface area contributed by atoms with Crippen LogP contribution in [0.1, 0.15) is 36.0 Å². The van der Waals surface area contributed by atoms with Crippen molar-refractivity contribution in [1.82, 2.24) is 15.2 Å². The number of benzene rings is 1. The molecule has 1 aliphatic carbocycles. The largest absolute Gasteiger partial charge is 0.360 e. The Labute approximate surface area is 138 Å². The minimum absolute atomic E-state index is 0.0967. The van der Waals surface area contributed by atoms with Gasteiger partial charge in [-0.05, 0) is 37.8 Å². The molecular formula is C18H19N3O3. The number of carbonyl (C=O) groups is 2. The molecule has 2 amide bonds. The van der Waals surface area contributed by atoms with Gasteiger partial charge in [0.25, 0.3) is 5.91 Å². The summed E-state index contributed by atoms with van der Waals surface area (Å²) in [5.41, 5.74) is 0.505. The average Bonchev–Trinajstić information content (AvgIpc) is 3.26. The highest BCUT2D eigenvalue weighted by atomic mass is 16.2. The maximum absolute atomic E-state index is 12.9. The Balaban J connectivity index is 1.63. The Morgan fingerprint density at radius 1 is 1.17 bits per heavy atom. The third kappa shape index (κ3) is 2.58. The molecule has 4 rings (SSSR count). The number of para-hydroxylation sites is 1. The van der Waals surface area contributed by atoms with Crippen LogP contribution in [0.2, 0.25) is 0 Å². The number of hydrogen-bond acceptors (Lipinski definition) is 3. The van der Waals surface area contributed by atoms with Crippen LogP contribution < -0.4 is 10.7 Å². The van der Waals surface area contributed by atoms with Crippen LogP contribution in [0.3, 0.4) is 0 Å². The van der Waals surface area contributed by atoms with Crippen molar-refractivity contribution < 1.29 is 9.59 Å². The second-order valence-electron chi connectivity index (χ2n) is 6.52. The van der Waals surface area contributed by atoms with Crippen molar-refractivity contribution in [3.63, 3.8) is 0 Å². The second kappa shape index (κ2) is 5.78. The van der Waals surface area contributed by atoms with Crippen LogP contribution in [0, 0.1) is 0 Å². The first kappa shape index (κ1) is 14.9. The Bertz CT molecular complexity index is 869. The number of fused-ring (bicyclic) bond motifs is 1. The molecule has 1 aliphatic heterocycles. The van der Waals surface area contributed by atoms with Gasteiger partial charge in [-0.3, -0.25) is 14.4 Å². The fraction of sp³-hybridized carbons (Fsp3) is 0.389. The van der Waals surface area contributed by atoms with E-state index in [2.05, 4.69) is 10.3 Å². The molecule has 0 spiro atoms. The van der Waals surface area contributed by atoms with Gasteiger partial charge in [0.15, 0.2) is 0 Å². The van der Waals surface area contributed by atoms with E-state index in [1.54, 1.807) is 18.2 Å². The van der Waals surface area contributed by atoms with Gasteiger partial charge in [-0.15, -0.1) is 0 Å². The zero-order valence-corrected chi connectivity index (χ0v) is 13.2. The predicted molar refractivity (Wildman–Crippen MR) is 89.8 cm³/mol. The number of aromatic nitrogens is 1. The number of nitrogens with zero attached hydrogens (tertiary/aromatic N) is 1. The molecule has 0 bridgehead atoms. The van der Waals surface area contributed by atoms with Crippen molar-refractivity contribution in [3.05, 3.63) is 46.2 Å². The first-order chi connectivity index (χ1) is 11.6. The van der Waals surface area contributed by atoms with Crippen LogP contribution in [0.4, 0.5) is 0 Å². The van der Waals surface area contributed by atoms with Crippen LogP contribution >= 0.6 is 0 Å². The molecule has 24 heavy (non-hydrogen) atoms. The number of aromatic amines is 1. The van der Waals surface area contributed by atoms with Gasteiger partial charge in [-0.2, -0.15) is 0 Å². The molecule has 1 saturated carbocycles. The number of likely N-dealkylation sites (tertiary alicyclic amines) is 1. The lowest BCUT2D eigenvalue weighted by molar-refractivity contribution is -0.125. The smallest absolute Gasteiger partial charge is 0.260 e. The highest BCUT2D eigenvalue weighted by Crippen LogP contribution is 2.23. The summed E-state index contributed by atoms with van der Waals surface area (Å²) in [4.78, 5) is 42.4. The molecule has 1 aromatic heterocycles. The van der Waals surface area contributed by atoms with Crippen LogP contribution in [0.5, 0.6) is 0 Å². The van der Waals surface area contributed by atoms with E-state index in [0.717, 1.165) is 19.3 Å². The zero-order valence-electron chi connectivity index (χ0n) is 13.2. The zero-order chi connectivity index (χ0) is 16.7. The quantitative estimate of drug-likeness (QED) is 0.895. The van der Waals surface area contributed by atoms with Gasteiger partial charge in [-0.1, -0.05) is 12.1 Å². The Morgan fingerprint density at radius 3 is 2.75 bits per heavy atom.